The lowest BCUT2D eigenvalue weighted by Gasteiger charge is -2.34. The summed E-state index contributed by atoms with van der Waals surface area (Å²) in [6.45, 7) is 5.80. The third-order valence-electron chi connectivity index (χ3n) is 4.08. The van der Waals surface area contributed by atoms with Gasteiger partial charge in [0.05, 0.1) is 0 Å². The Balaban J connectivity index is 1.70. The van der Waals surface area contributed by atoms with Crippen LogP contribution in [-0.2, 0) is 16.1 Å². The predicted octanol–water partition coefficient (Wildman–Crippen LogP) is 1.20. The van der Waals surface area contributed by atoms with Crippen LogP contribution in [0.3, 0.4) is 0 Å². The zero-order valence-electron chi connectivity index (χ0n) is 13.5. The Morgan fingerprint density at radius 1 is 1.05 bits per heavy atom. The summed E-state index contributed by atoms with van der Waals surface area (Å²) in [6.07, 6.45) is 0.531. The van der Waals surface area contributed by atoms with E-state index in [9.17, 15) is 9.59 Å². The number of amides is 2. The first kappa shape index (κ1) is 16.5. The molecule has 0 aliphatic carbocycles. The summed E-state index contributed by atoms with van der Waals surface area (Å²) in [5, 5.41) is 0. The molecule has 1 aromatic rings. The summed E-state index contributed by atoms with van der Waals surface area (Å²) < 4.78 is 0. The fourth-order valence-electron chi connectivity index (χ4n) is 2.69. The normalized spacial score (nSPS) is 15.2. The first-order valence-electron chi connectivity index (χ1n) is 7.82. The lowest BCUT2D eigenvalue weighted by atomic mass is 10.2. The van der Waals surface area contributed by atoms with Gasteiger partial charge in [0, 0.05) is 52.6 Å². The Labute approximate surface area is 132 Å². The van der Waals surface area contributed by atoms with E-state index in [1.54, 1.807) is 11.8 Å². The molecule has 1 fully saturated rings. The van der Waals surface area contributed by atoms with E-state index in [1.807, 2.05) is 30.1 Å². The van der Waals surface area contributed by atoms with Crippen molar-refractivity contribution < 1.29 is 9.59 Å². The van der Waals surface area contributed by atoms with Crippen molar-refractivity contribution in [3.8, 4) is 0 Å². The quantitative estimate of drug-likeness (QED) is 0.821. The van der Waals surface area contributed by atoms with E-state index in [2.05, 4.69) is 17.0 Å². The summed E-state index contributed by atoms with van der Waals surface area (Å²) in [6, 6.07) is 10.3. The average Bonchev–Trinajstić information content (AvgIpc) is 2.53. The molecule has 0 aromatic heterocycles. The van der Waals surface area contributed by atoms with Crippen LogP contribution in [0.1, 0.15) is 18.9 Å². The highest BCUT2D eigenvalue weighted by atomic mass is 16.2. The van der Waals surface area contributed by atoms with Crippen molar-refractivity contribution in [3.05, 3.63) is 35.9 Å². The van der Waals surface area contributed by atoms with Gasteiger partial charge in [-0.3, -0.25) is 9.59 Å². The van der Waals surface area contributed by atoms with Crippen molar-refractivity contribution in [1.29, 1.82) is 0 Å². The van der Waals surface area contributed by atoms with Crippen LogP contribution < -0.4 is 0 Å². The van der Waals surface area contributed by atoms with E-state index in [0.29, 0.717) is 32.6 Å². The second-order valence-electron chi connectivity index (χ2n) is 5.86. The summed E-state index contributed by atoms with van der Waals surface area (Å²) in [7, 11) is 2.04. The van der Waals surface area contributed by atoms with Gasteiger partial charge in [-0.25, -0.2) is 0 Å². The number of rotatable bonds is 5. The first-order chi connectivity index (χ1) is 10.6. The third kappa shape index (κ3) is 4.84. The number of nitrogens with zero attached hydrogens (tertiary/aromatic N) is 3. The van der Waals surface area contributed by atoms with Crippen molar-refractivity contribution in [2.24, 2.45) is 0 Å². The molecule has 0 saturated carbocycles. The van der Waals surface area contributed by atoms with Crippen LogP contribution in [-0.4, -0.2) is 66.3 Å². The highest BCUT2D eigenvalue weighted by Crippen LogP contribution is 2.06. The Morgan fingerprint density at radius 3 is 2.23 bits per heavy atom. The minimum atomic E-state index is 0.0923. The Hall–Kier alpha value is -1.88. The largest absolute Gasteiger partial charge is 0.339 e. The molecule has 120 valence electrons. The van der Waals surface area contributed by atoms with Gasteiger partial charge >= 0.3 is 0 Å². The zero-order chi connectivity index (χ0) is 15.9. The molecule has 0 bridgehead atoms. The SMILES string of the molecule is CC(=O)N1CCN(C(=O)CCN(C)Cc2ccccc2)CC1. The van der Waals surface area contributed by atoms with Crippen LogP contribution in [0, 0.1) is 0 Å². The average molecular weight is 303 g/mol. The fourth-order valence-corrected chi connectivity index (χ4v) is 2.69. The Morgan fingerprint density at radius 2 is 1.64 bits per heavy atom. The Kier molecular flexibility index (Phi) is 5.95. The first-order valence-corrected chi connectivity index (χ1v) is 7.82. The standard InChI is InChI=1S/C17H25N3O2/c1-15(21)19-10-12-20(13-11-19)17(22)8-9-18(2)14-16-6-4-3-5-7-16/h3-7H,8-14H2,1-2H3. The number of carbonyl (C=O) groups is 2. The smallest absolute Gasteiger partial charge is 0.223 e. The van der Waals surface area contributed by atoms with Crippen LogP contribution in [0.15, 0.2) is 30.3 Å². The lowest BCUT2D eigenvalue weighted by Crippen LogP contribution is -2.50. The summed E-state index contributed by atoms with van der Waals surface area (Å²) in [5.74, 6) is 0.276. The number of benzene rings is 1. The second kappa shape index (κ2) is 7.94. The van der Waals surface area contributed by atoms with E-state index >= 15 is 0 Å². The van der Waals surface area contributed by atoms with E-state index in [0.717, 1.165) is 13.1 Å². The van der Waals surface area contributed by atoms with Gasteiger partial charge in [0.25, 0.3) is 0 Å². The predicted molar refractivity (Wildman–Crippen MR) is 86.2 cm³/mol. The van der Waals surface area contributed by atoms with E-state index in [4.69, 9.17) is 0 Å². The van der Waals surface area contributed by atoms with E-state index in [1.165, 1.54) is 5.56 Å². The fraction of sp³-hybridized carbons (Fsp3) is 0.529. The zero-order valence-corrected chi connectivity index (χ0v) is 13.5. The summed E-state index contributed by atoms with van der Waals surface area (Å²) in [4.78, 5) is 29.3. The van der Waals surface area contributed by atoms with Crippen molar-refractivity contribution in [3.63, 3.8) is 0 Å². The molecule has 2 amide bonds. The molecule has 0 N–H and O–H groups in total. The molecule has 0 unspecified atom stereocenters. The molecule has 0 radical (unpaired) electrons. The molecule has 22 heavy (non-hydrogen) atoms. The highest BCUT2D eigenvalue weighted by Gasteiger charge is 2.22. The maximum absolute atomic E-state index is 12.2. The number of hydrogen-bond donors (Lipinski definition) is 0. The third-order valence-corrected chi connectivity index (χ3v) is 4.08. The van der Waals surface area contributed by atoms with Gasteiger partial charge in [-0.15, -0.1) is 0 Å². The van der Waals surface area contributed by atoms with Crippen molar-refractivity contribution in [2.75, 3.05) is 39.8 Å². The molecule has 5 nitrogen and oxygen atoms in total. The van der Waals surface area contributed by atoms with Crippen LogP contribution >= 0.6 is 0 Å². The van der Waals surface area contributed by atoms with Crippen LogP contribution in [0.5, 0.6) is 0 Å². The van der Waals surface area contributed by atoms with Crippen LogP contribution in [0.2, 0.25) is 0 Å². The van der Waals surface area contributed by atoms with Crippen LogP contribution in [0.4, 0.5) is 0 Å². The van der Waals surface area contributed by atoms with Gasteiger partial charge in [0.1, 0.15) is 0 Å². The molecule has 2 rings (SSSR count). The topological polar surface area (TPSA) is 43.9 Å². The molecule has 1 aromatic carbocycles. The van der Waals surface area contributed by atoms with Gasteiger partial charge in [-0.05, 0) is 12.6 Å². The maximum Gasteiger partial charge on any atom is 0.223 e. The molecule has 5 heteroatoms. The van der Waals surface area contributed by atoms with Crippen molar-refractivity contribution in [2.45, 2.75) is 19.9 Å². The lowest BCUT2D eigenvalue weighted by molar-refractivity contribution is -0.138. The molecule has 0 atom stereocenters. The number of hydrogen-bond acceptors (Lipinski definition) is 3. The number of piperazine rings is 1. The van der Waals surface area contributed by atoms with Gasteiger partial charge in [0.2, 0.25) is 11.8 Å². The monoisotopic (exact) mass is 303 g/mol. The van der Waals surface area contributed by atoms with Crippen LogP contribution in [0.25, 0.3) is 0 Å². The summed E-state index contributed by atoms with van der Waals surface area (Å²) in [5.41, 5.74) is 1.26. The van der Waals surface area contributed by atoms with Gasteiger partial charge in [-0.1, -0.05) is 30.3 Å². The molecule has 0 spiro atoms. The molecular weight excluding hydrogens is 278 g/mol. The number of carbonyl (C=O) groups excluding carboxylic acids is 2. The van der Waals surface area contributed by atoms with Crippen molar-refractivity contribution in [1.82, 2.24) is 14.7 Å². The van der Waals surface area contributed by atoms with Crippen molar-refractivity contribution >= 4 is 11.8 Å². The second-order valence-corrected chi connectivity index (χ2v) is 5.86. The molecule has 1 heterocycles. The molecule has 1 saturated heterocycles. The van der Waals surface area contributed by atoms with E-state index in [-0.39, 0.29) is 11.8 Å². The maximum atomic E-state index is 12.2. The van der Waals surface area contributed by atoms with E-state index < -0.39 is 0 Å². The molecule has 1 aliphatic heterocycles. The Bertz CT molecular complexity index is 496. The highest BCUT2D eigenvalue weighted by molar-refractivity contribution is 5.77. The van der Waals surface area contributed by atoms with Gasteiger partial charge < -0.3 is 14.7 Å². The van der Waals surface area contributed by atoms with Gasteiger partial charge in [-0.2, -0.15) is 0 Å². The minimum Gasteiger partial charge on any atom is -0.339 e. The minimum absolute atomic E-state index is 0.0923. The molecule has 1 aliphatic rings. The summed E-state index contributed by atoms with van der Waals surface area (Å²) >= 11 is 0. The molecular formula is C17H25N3O2. The van der Waals surface area contributed by atoms with Gasteiger partial charge in [0.15, 0.2) is 0 Å².